The largest absolute Gasteiger partial charge is 0.324 e. The summed E-state index contributed by atoms with van der Waals surface area (Å²) < 4.78 is 2.24. The van der Waals surface area contributed by atoms with Crippen molar-refractivity contribution in [3.63, 3.8) is 0 Å². The highest BCUT2D eigenvalue weighted by atomic mass is 32.2. The van der Waals surface area contributed by atoms with Gasteiger partial charge in [-0.2, -0.15) is 5.26 Å². The van der Waals surface area contributed by atoms with Gasteiger partial charge in [0.2, 0.25) is 5.91 Å². The first-order valence-electron chi connectivity index (χ1n) is 9.07. The van der Waals surface area contributed by atoms with Crippen LogP contribution in [0.3, 0.4) is 0 Å². The number of non-ortho nitro benzene ring substituents is 1. The lowest BCUT2D eigenvalue weighted by atomic mass is 10.1. The molecular weight excluding hydrogens is 378 g/mol. The van der Waals surface area contributed by atoms with Gasteiger partial charge in [0.05, 0.1) is 27.6 Å². The number of nitro benzene ring substituents is 1. The van der Waals surface area contributed by atoms with Gasteiger partial charge in [-0.15, -0.1) is 0 Å². The zero-order chi connectivity index (χ0) is 20.3. The second-order valence-corrected chi connectivity index (χ2v) is 7.75. The molecule has 0 unspecified atom stereocenters. The van der Waals surface area contributed by atoms with Crippen LogP contribution in [-0.2, 0) is 4.79 Å². The molecule has 9 heteroatoms. The third-order valence-corrected chi connectivity index (χ3v) is 5.94. The molecule has 1 amide bonds. The lowest BCUT2D eigenvalue weighted by molar-refractivity contribution is -0.384. The maximum atomic E-state index is 12.4. The molecule has 8 nitrogen and oxygen atoms in total. The Morgan fingerprint density at radius 2 is 2.14 bits per heavy atom. The molecule has 0 aliphatic heterocycles. The summed E-state index contributed by atoms with van der Waals surface area (Å²) in [5.74, 6) is -0.142. The van der Waals surface area contributed by atoms with Crippen LogP contribution in [0.2, 0.25) is 0 Å². The molecule has 1 fully saturated rings. The maximum Gasteiger partial charge on any atom is 0.270 e. The molecule has 146 valence electrons. The van der Waals surface area contributed by atoms with Crippen molar-refractivity contribution in [3.05, 3.63) is 45.3 Å². The van der Waals surface area contributed by atoms with Crippen LogP contribution in [0.15, 0.2) is 23.4 Å². The number of hydrogen-bond acceptors (Lipinski definition) is 6. The first-order chi connectivity index (χ1) is 13.4. The highest BCUT2D eigenvalue weighted by Gasteiger charge is 2.23. The molecule has 0 bridgehead atoms. The van der Waals surface area contributed by atoms with Crippen LogP contribution in [0.25, 0.3) is 0 Å². The van der Waals surface area contributed by atoms with Crippen LogP contribution in [-0.4, -0.2) is 26.1 Å². The fourth-order valence-corrected chi connectivity index (χ4v) is 4.41. The topological polar surface area (TPSA) is 114 Å². The van der Waals surface area contributed by atoms with Gasteiger partial charge >= 0.3 is 0 Å². The number of hydrogen-bond donors (Lipinski definition) is 1. The number of nitro groups is 1. The Labute approximate surface area is 167 Å². The second-order valence-electron chi connectivity index (χ2n) is 6.81. The molecule has 0 spiro atoms. The monoisotopic (exact) mass is 399 g/mol. The molecule has 0 atom stereocenters. The maximum absolute atomic E-state index is 12.4. The Hall–Kier alpha value is -2.86. The smallest absolute Gasteiger partial charge is 0.270 e. The summed E-state index contributed by atoms with van der Waals surface area (Å²) in [7, 11) is 0. The van der Waals surface area contributed by atoms with Crippen LogP contribution >= 0.6 is 11.8 Å². The van der Waals surface area contributed by atoms with Crippen molar-refractivity contribution >= 4 is 29.0 Å². The van der Waals surface area contributed by atoms with E-state index in [9.17, 15) is 20.2 Å². The van der Waals surface area contributed by atoms with Crippen molar-refractivity contribution in [3.8, 4) is 6.07 Å². The van der Waals surface area contributed by atoms with E-state index in [4.69, 9.17) is 0 Å². The molecular formula is C19H21N5O3S. The van der Waals surface area contributed by atoms with Gasteiger partial charge in [0.25, 0.3) is 5.69 Å². The van der Waals surface area contributed by atoms with Crippen LogP contribution in [0, 0.1) is 35.3 Å². The van der Waals surface area contributed by atoms with Crippen molar-refractivity contribution in [2.75, 3.05) is 11.1 Å². The van der Waals surface area contributed by atoms with Gasteiger partial charge in [-0.1, -0.05) is 24.6 Å². The van der Waals surface area contributed by atoms with Crippen LogP contribution in [0.1, 0.15) is 48.7 Å². The number of imidazole rings is 1. The average molecular weight is 399 g/mol. The summed E-state index contributed by atoms with van der Waals surface area (Å²) in [6.07, 6.45) is 4.68. The van der Waals surface area contributed by atoms with Gasteiger partial charge in [-0.05, 0) is 32.8 Å². The van der Waals surface area contributed by atoms with Gasteiger partial charge in [-0.3, -0.25) is 14.9 Å². The molecule has 0 saturated heterocycles. The van der Waals surface area contributed by atoms with Crippen molar-refractivity contribution < 1.29 is 9.72 Å². The number of carbonyl (C=O) groups excluding carboxylic acids is 1. The van der Waals surface area contributed by atoms with Gasteiger partial charge < -0.3 is 9.88 Å². The van der Waals surface area contributed by atoms with E-state index < -0.39 is 4.92 Å². The van der Waals surface area contributed by atoms with E-state index in [2.05, 4.69) is 21.8 Å². The zero-order valence-corrected chi connectivity index (χ0v) is 16.6. The third-order valence-electron chi connectivity index (χ3n) is 4.99. The molecule has 2 aromatic rings. The van der Waals surface area contributed by atoms with Crippen molar-refractivity contribution in [1.29, 1.82) is 5.26 Å². The van der Waals surface area contributed by atoms with Crippen molar-refractivity contribution in [1.82, 2.24) is 9.55 Å². The van der Waals surface area contributed by atoms with Gasteiger partial charge in [0, 0.05) is 23.9 Å². The number of aryl methyl sites for hydroxylation is 1. The summed E-state index contributed by atoms with van der Waals surface area (Å²) in [6.45, 7) is 4.03. The lowest BCUT2D eigenvalue weighted by Gasteiger charge is -2.17. The molecule has 28 heavy (non-hydrogen) atoms. The summed E-state index contributed by atoms with van der Waals surface area (Å²) >= 11 is 1.37. The Bertz CT molecular complexity index is 957. The molecule has 1 aromatic carbocycles. The Kier molecular flexibility index (Phi) is 5.99. The van der Waals surface area contributed by atoms with Crippen LogP contribution < -0.4 is 5.32 Å². The second kappa shape index (κ2) is 8.44. The predicted octanol–water partition coefficient (Wildman–Crippen LogP) is 4.13. The Morgan fingerprint density at radius 3 is 2.79 bits per heavy atom. The van der Waals surface area contributed by atoms with Gasteiger partial charge in [0.15, 0.2) is 5.16 Å². The number of aromatic nitrogens is 2. The Morgan fingerprint density at radius 1 is 1.43 bits per heavy atom. The van der Waals surface area contributed by atoms with Crippen LogP contribution in [0.5, 0.6) is 0 Å². The SMILES string of the molecule is Cc1nc(SCC(=O)Nc2ccc([N+](=O)[O-])cc2C#N)n(C2CCCC2)c1C. The van der Waals surface area contributed by atoms with E-state index >= 15 is 0 Å². The van der Waals surface area contributed by atoms with Crippen molar-refractivity contribution in [2.45, 2.75) is 50.7 Å². The number of nitrogens with zero attached hydrogens (tertiary/aromatic N) is 4. The lowest BCUT2D eigenvalue weighted by Crippen LogP contribution is -2.16. The minimum absolute atomic E-state index is 0.0618. The molecule has 0 radical (unpaired) electrons. The number of thioether (sulfide) groups is 1. The Balaban J connectivity index is 1.69. The van der Waals surface area contributed by atoms with E-state index in [1.54, 1.807) is 0 Å². The van der Waals surface area contributed by atoms with Crippen molar-refractivity contribution in [2.24, 2.45) is 0 Å². The molecule has 1 aromatic heterocycles. The van der Waals surface area contributed by atoms with E-state index in [0.717, 1.165) is 35.5 Å². The summed E-state index contributed by atoms with van der Waals surface area (Å²) in [6, 6.07) is 6.13. The minimum atomic E-state index is -0.574. The first-order valence-corrected chi connectivity index (χ1v) is 10.1. The fourth-order valence-electron chi connectivity index (χ4n) is 3.45. The summed E-state index contributed by atoms with van der Waals surface area (Å²) in [5, 5.41) is 23.5. The normalized spacial score (nSPS) is 14.0. The molecule has 1 aliphatic rings. The highest BCUT2D eigenvalue weighted by molar-refractivity contribution is 7.99. The fraction of sp³-hybridized carbons (Fsp3) is 0.421. The number of nitriles is 1. The van der Waals surface area contributed by atoms with Crippen LogP contribution in [0.4, 0.5) is 11.4 Å². The van der Waals surface area contributed by atoms with E-state index in [1.165, 1.54) is 36.7 Å². The number of carbonyl (C=O) groups is 1. The molecule has 1 heterocycles. The number of benzene rings is 1. The first kappa shape index (κ1) is 19.9. The third kappa shape index (κ3) is 4.17. The molecule has 1 aliphatic carbocycles. The molecule has 1 saturated carbocycles. The van der Waals surface area contributed by atoms with Gasteiger partial charge in [-0.25, -0.2) is 4.98 Å². The number of anilines is 1. The average Bonchev–Trinajstić information content (AvgIpc) is 3.28. The zero-order valence-electron chi connectivity index (χ0n) is 15.8. The van der Waals surface area contributed by atoms with E-state index in [-0.39, 0.29) is 28.6 Å². The van der Waals surface area contributed by atoms with E-state index in [1.807, 2.05) is 13.0 Å². The quantitative estimate of drug-likeness (QED) is 0.444. The number of rotatable bonds is 6. The standard InChI is InChI=1S/C19H21N5O3S/c1-12-13(2)23(15-5-3-4-6-15)19(21-12)28-11-18(25)22-17-8-7-16(24(26)27)9-14(17)10-20/h7-9,15H,3-6,11H2,1-2H3,(H,22,25). The van der Waals surface area contributed by atoms with E-state index in [0.29, 0.717) is 6.04 Å². The van der Waals surface area contributed by atoms with Gasteiger partial charge in [0.1, 0.15) is 6.07 Å². The predicted molar refractivity (Wildman–Crippen MR) is 106 cm³/mol. The molecule has 3 rings (SSSR count). The number of nitrogens with one attached hydrogen (secondary N) is 1. The highest BCUT2D eigenvalue weighted by Crippen LogP contribution is 2.35. The number of amides is 1. The summed E-state index contributed by atoms with van der Waals surface area (Å²) in [5.41, 5.74) is 2.25. The summed E-state index contributed by atoms with van der Waals surface area (Å²) in [4.78, 5) is 27.3. The molecule has 1 N–H and O–H groups in total. The minimum Gasteiger partial charge on any atom is -0.324 e.